The van der Waals surface area contributed by atoms with E-state index in [0.29, 0.717) is 0 Å². The van der Waals surface area contributed by atoms with Crippen molar-refractivity contribution >= 4 is 38.1 Å². The summed E-state index contributed by atoms with van der Waals surface area (Å²) in [5.41, 5.74) is 9.56. The second-order valence-electron chi connectivity index (χ2n) is 7.80. The summed E-state index contributed by atoms with van der Waals surface area (Å²) in [4.78, 5) is 0. The van der Waals surface area contributed by atoms with E-state index in [-0.39, 0.29) is 0 Å². The van der Waals surface area contributed by atoms with Crippen molar-refractivity contribution in [2.75, 3.05) is 0 Å². The number of rotatable bonds is 0. The van der Waals surface area contributed by atoms with E-state index in [1.54, 1.807) is 0 Å². The number of hydrogen-bond acceptors (Lipinski definition) is 0. The predicted octanol–water partition coefficient (Wildman–Crippen LogP) is 6.97. The highest BCUT2D eigenvalue weighted by atomic mass is 14.9. The van der Waals surface area contributed by atoms with Crippen molar-refractivity contribution < 1.29 is 0 Å². The van der Waals surface area contributed by atoms with Gasteiger partial charge in [-0.3, -0.25) is 0 Å². The van der Waals surface area contributed by atoms with E-state index in [1.807, 2.05) is 0 Å². The maximum absolute atomic E-state index is 2.43. The first-order valence-electron chi connectivity index (χ1n) is 9.85. The third-order valence-electron chi connectivity index (χ3n) is 6.36. The quantitative estimate of drug-likeness (QED) is 0.259. The van der Waals surface area contributed by atoms with Gasteiger partial charge < -0.3 is 4.40 Å². The zero-order valence-corrected chi connectivity index (χ0v) is 15.3. The lowest BCUT2D eigenvalue weighted by Crippen LogP contribution is -1.93. The number of benzene rings is 4. The van der Waals surface area contributed by atoms with Crippen molar-refractivity contribution in [1.82, 2.24) is 4.40 Å². The van der Waals surface area contributed by atoms with Gasteiger partial charge in [-0.25, -0.2) is 0 Å². The van der Waals surface area contributed by atoms with Crippen LogP contribution in [0, 0.1) is 0 Å². The number of hydrogen-bond donors (Lipinski definition) is 0. The molecule has 0 fully saturated rings. The molecular formula is C27H17N. The molecular weight excluding hydrogens is 338 g/mol. The molecule has 4 aromatic carbocycles. The Morgan fingerprint density at radius 1 is 0.571 bits per heavy atom. The minimum absolute atomic E-state index is 1.03. The Labute approximate surface area is 162 Å². The lowest BCUT2D eigenvalue weighted by Gasteiger charge is -2.14. The van der Waals surface area contributed by atoms with Crippen molar-refractivity contribution in [2.45, 2.75) is 6.42 Å². The normalized spacial score (nSPS) is 12.9. The van der Waals surface area contributed by atoms with Gasteiger partial charge in [-0.15, -0.1) is 0 Å². The van der Waals surface area contributed by atoms with Crippen LogP contribution in [0.3, 0.4) is 0 Å². The van der Waals surface area contributed by atoms with Crippen LogP contribution in [0.1, 0.15) is 11.1 Å². The molecule has 1 aliphatic rings. The molecule has 0 radical (unpaired) electrons. The molecule has 0 spiro atoms. The first kappa shape index (κ1) is 14.5. The molecule has 1 aliphatic carbocycles. The van der Waals surface area contributed by atoms with Crippen LogP contribution in [-0.4, -0.2) is 4.40 Å². The van der Waals surface area contributed by atoms with Gasteiger partial charge in [0.25, 0.3) is 0 Å². The highest BCUT2D eigenvalue weighted by Crippen LogP contribution is 2.45. The molecule has 2 heterocycles. The molecule has 1 heteroatoms. The Morgan fingerprint density at radius 2 is 1.32 bits per heavy atom. The zero-order chi connectivity index (χ0) is 18.2. The average Bonchev–Trinajstić information content (AvgIpc) is 3.32. The first-order chi connectivity index (χ1) is 13.9. The molecule has 0 amide bonds. The molecule has 6 aromatic rings. The summed E-state index contributed by atoms with van der Waals surface area (Å²) in [5, 5.41) is 5.36. The molecule has 28 heavy (non-hydrogen) atoms. The zero-order valence-electron chi connectivity index (χ0n) is 15.3. The molecule has 2 aromatic heterocycles. The first-order valence-corrected chi connectivity index (χ1v) is 9.85. The van der Waals surface area contributed by atoms with E-state index in [0.717, 1.165) is 6.42 Å². The summed E-state index contributed by atoms with van der Waals surface area (Å²) in [6.45, 7) is 0. The van der Waals surface area contributed by atoms with E-state index in [4.69, 9.17) is 0 Å². The standard InChI is InChI=1S/C27H17N/c1-3-9-20-17(7-1)15-19-13-14-22-25-16-18-8-2-5-11-23(18)28(25)24-12-6-4-10-21(24)27(22)26(19)20/h1-14,16H,15H2. The molecule has 0 saturated heterocycles. The smallest absolute Gasteiger partial charge is 0.0547 e. The Bertz CT molecular complexity index is 1580. The van der Waals surface area contributed by atoms with Crippen molar-refractivity contribution in [2.24, 2.45) is 0 Å². The topological polar surface area (TPSA) is 4.41 Å². The van der Waals surface area contributed by atoms with E-state index in [2.05, 4.69) is 95.4 Å². The van der Waals surface area contributed by atoms with Gasteiger partial charge in [0.15, 0.2) is 0 Å². The van der Waals surface area contributed by atoms with Crippen molar-refractivity contribution in [1.29, 1.82) is 0 Å². The van der Waals surface area contributed by atoms with Crippen molar-refractivity contribution in [3.63, 3.8) is 0 Å². The van der Waals surface area contributed by atoms with Gasteiger partial charge in [0.1, 0.15) is 0 Å². The maximum atomic E-state index is 2.43. The number of para-hydroxylation sites is 2. The molecule has 0 N–H and O–H groups in total. The van der Waals surface area contributed by atoms with Gasteiger partial charge in [-0.05, 0) is 46.9 Å². The van der Waals surface area contributed by atoms with Crippen LogP contribution in [0.2, 0.25) is 0 Å². The lowest BCUT2D eigenvalue weighted by molar-refractivity contribution is 1.27. The van der Waals surface area contributed by atoms with Crippen LogP contribution < -0.4 is 0 Å². The summed E-state index contributed by atoms with van der Waals surface area (Å²) in [5.74, 6) is 0. The summed E-state index contributed by atoms with van der Waals surface area (Å²) in [6.07, 6.45) is 1.03. The maximum Gasteiger partial charge on any atom is 0.0547 e. The fourth-order valence-electron chi connectivity index (χ4n) is 5.21. The second-order valence-corrected chi connectivity index (χ2v) is 7.80. The minimum Gasteiger partial charge on any atom is -0.309 e. The van der Waals surface area contributed by atoms with Gasteiger partial charge >= 0.3 is 0 Å². The number of pyridine rings is 1. The third kappa shape index (κ3) is 1.67. The van der Waals surface area contributed by atoms with Crippen LogP contribution in [0.15, 0.2) is 91.0 Å². The molecule has 1 nitrogen and oxygen atoms in total. The lowest BCUT2D eigenvalue weighted by atomic mass is 9.94. The van der Waals surface area contributed by atoms with E-state index >= 15 is 0 Å². The third-order valence-corrected chi connectivity index (χ3v) is 6.36. The molecule has 0 atom stereocenters. The molecule has 0 aliphatic heterocycles. The molecule has 7 rings (SSSR count). The Balaban J connectivity index is 1.82. The van der Waals surface area contributed by atoms with Crippen LogP contribution in [0.4, 0.5) is 0 Å². The second kappa shape index (κ2) is 5.02. The molecule has 0 bridgehead atoms. The Kier molecular flexibility index (Phi) is 2.60. The van der Waals surface area contributed by atoms with Gasteiger partial charge in [0.05, 0.1) is 16.6 Å². The molecule has 0 saturated carbocycles. The fraction of sp³-hybridized carbons (Fsp3) is 0.0370. The van der Waals surface area contributed by atoms with Crippen molar-refractivity contribution in [3.05, 3.63) is 102 Å². The summed E-state index contributed by atoms with van der Waals surface area (Å²) in [6, 6.07) is 33.5. The Hall–Kier alpha value is -3.58. The Morgan fingerprint density at radius 3 is 2.29 bits per heavy atom. The van der Waals surface area contributed by atoms with E-state index in [9.17, 15) is 0 Å². The summed E-state index contributed by atoms with van der Waals surface area (Å²) in [7, 11) is 0. The van der Waals surface area contributed by atoms with Crippen LogP contribution in [0.5, 0.6) is 0 Å². The fourth-order valence-corrected chi connectivity index (χ4v) is 5.21. The van der Waals surface area contributed by atoms with Gasteiger partial charge in [-0.1, -0.05) is 72.8 Å². The van der Waals surface area contributed by atoms with E-state index in [1.165, 1.54) is 60.3 Å². The average molecular weight is 355 g/mol. The van der Waals surface area contributed by atoms with Crippen LogP contribution >= 0.6 is 0 Å². The minimum atomic E-state index is 1.03. The number of aromatic nitrogens is 1. The largest absolute Gasteiger partial charge is 0.309 e. The highest BCUT2D eigenvalue weighted by Gasteiger charge is 2.23. The van der Waals surface area contributed by atoms with Crippen LogP contribution in [0.25, 0.3) is 49.2 Å². The van der Waals surface area contributed by atoms with Crippen molar-refractivity contribution in [3.8, 4) is 11.1 Å². The highest BCUT2D eigenvalue weighted by molar-refractivity contribution is 6.21. The molecule has 0 unspecified atom stereocenters. The summed E-state index contributed by atoms with van der Waals surface area (Å²) >= 11 is 0. The number of nitrogens with zero attached hydrogens (tertiary/aromatic N) is 1. The predicted molar refractivity (Wildman–Crippen MR) is 118 cm³/mol. The van der Waals surface area contributed by atoms with Crippen LogP contribution in [-0.2, 0) is 6.42 Å². The summed E-state index contributed by atoms with van der Waals surface area (Å²) < 4.78 is 2.43. The van der Waals surface area contributed by atoms with Gasteiger partial charge in [0.2, 0.25) is 0 Å². The number of fused-ring (bicyclic) bond motifs is 12. The van der Waals surface area contributed by atoms with Gasteiger partial charge in [-0.2, -0.15) is 0 Å². The monoisotopic (exact) mass is 355 g/mol. The van der Waals surface area contributed by atoms with E-state index < -0.39 is 0 Å². The molecule has 130 valence electrons. The van der Waals surface area contributed by atoms with Gasteiger partial charge in [0, 0.05) is 21.5 Å². The SMILES string of the molecule is c1ccc2c(c1)Cc1ccc3c(c1-2)c1ccccc1n1c2ccccc2cc31.